The molecule has 0 radical (unpaired) electrons. The summed E-state index contributed by atoms with van der Waals surface area (Å²) in [6, 6.07) is 5.71. The number of aromatic nitrogens is 5. The summed E-state index contributed by atoms with van der Waals surface area (Å²) in [6.45, 7) is 3.73. The number of hydrogen-bond acceptors (Lipinski definition) is 5. The summed E-state index contributed by atoms with van der Waals surface area (Å²) >= 11 is 0. The number of aromatic amines is 2. The molecule has 1 amide bonds. The van der Waals surface area contributed by atoms with Crippen molar-refractivity contribution in [1.82, 2.24) is 25.1 Å². The van der Waals surface area contributed by atoms with Crippen LogP contribution in [-0.4, -0.2) is 38.2 Å². The van der Waals surface area contributed by atoms with E-state index >= 15 is 0 Å². The minimum absolute atomic E-state index is 0.272. The number of H-pyrrole nitrogens is 2. The molecule has 27 heavy (non-hydrogen) atoms. The lowest BCUT2D eigenvalue weighted by molar-refractivity contribution is 0.102. The van der Waals surface area contributed by atoms with E-state index in [-0.39, 0.29) is 5.91 Å². The molecule has 0 aliphatic heterocycles. The van der Waals surface area contributed by atoms with Crippen molar-refractivity contribution < 1.29 is 9.53 Å². The molecule has 0 fully saturated rings. The monoisotopic (exact) mass is 362 g/mol. The van der Waals surface area contributed by atoms with Crippen LogP contribution in [0.1, 0.15) is 21.7 Å². The highest BCUT2D eigenvalue weighted by molar-refractivity contribution is 6.04. The predicted molar refractivity (Wildman–Crippen MR) is 102 cm³/mol. The van der Waals surface area contributed by atoms with Crippen LogP contribution in [0.2, 0.25) is 0 Å². The van der Waals surface area contributed by atoms with Gasteiger partial charge in [0.05, 0.1) is 25.2 Å². The van der Waals surface area contributed by atoms with E-state index in [2.05, 4.69) is 30.5 Å². The van der Waals surface area contributed by atoms with Crippen molar-refractivity contribution >= 4 is 22.6 Å². The molecule has 0 bridgehead atoms. The zero-order valence-electron chi connectivity index (χ0n) is 15.1. The van der Waals surface area contributed by atoms with Crippen LogP contribution in [0.25, 0.3) is 22.3 Å². The molecule has 0 aliphatic rings. The van der Waals surface area contributed by atoms with Gasteiger partial charge in [0.15, 0.2) is 5.69 Å². The normalized spacial score (nSPS) is 10.9. The second-order valence-electron chi connectivity index (χ2n) is 6.23. The zero-order valence-corrected chi connectivity index (χ0v) is 15.1. The summed E-state index contributed by atoms with van der Waals surface area (Å²) in [5.74, 6) is 0.405. The Balaban J connectivity index is 1.62. The van der Waals surface area contributed by atoms with E-state index < -0.39 is 0 Å². The maximum atomic E-state index is 12.4. The van der Waals surface area contributed by atoms with Gasteiger partial charge in [0.1, 0.15) is 11.4 Å². The van der Waals surface area contributed by atoms with Crippen LogP contribution in [0.5, 0.6) is 5.75 Å². The number of aryl methyl sites for hydroxylation is 1. The fraction of sp³-hybridized carbons (Fsp3) is 0.158. The molecule has 8 heteroatoms. The molecule has 0 saturated heterocycles. The van der Waals surface area contributed by atoms with Gasteiger partial charge in [-0.1, -0.05) is 0 Å². The number of pyridine rings is 2. The average molecular weight is 362 g/mol. The Morgan fingerprint density at radius 2 is 2.00 bits per heavy atom. The standard InChI is InChI=1S/C19H18N6O2/c1-10-11(2)24-25-17(10)19(26)22-14-4-12-6-16(23-18(12)21-8-14)13-5-15(27-3)9-20-7-13/h4-9H,1-3H3,(H,21,23)(H,22,26)(H,24,25). The molecule has 0 spiro atoms. The molecule has 0 saturated carbocycles. The molecule has 4 heterocycles. The second-order valence-corrected chi connectivity index (χ2v) is 6.23. The number of ether oxygens (including phenoxy) is 1. The van der Waals surface area contributed by atoms with Crippen LogP contribution in [0.4, 0.5) is 5.69 Å². The first-order valence-corrected chi connectivity index (χ1v) is 8.36. The Bertz CT molecular complexity index is 1140. The number of rotatable bonds is 4. The highest BCUT2D eigenvalue weighted by Gasteiger charge is 2.15. The van der Waals surface area contributed by atoms with Gasteiger partial charge in [-0.2, -0.15) is 5.10 Å². The van der Waals surface area contributed by atoms with Crippen molar-refractivity contribution in [3.63, 3.8) is 0 Å². The molecular formula is C19H18N6O2. The lowest BCUT2D eigenvalue weighted by Gasteiger charge is -2.03. The minimum atomic E-state index is -0.272. The van der Waals surface area contributed by atoms with Crippen molar-refractivity contribution in [3.8, 4) is 17.0 Å². The Morgan fingerprint density at radius 3 is 2.74 bits per heavy atom. The third kappa shape index (κ3) is 3.12. The smallest absolute Gasteiger partial charge is 0.276 e. The summed E-state index contributed by atoms with van der Waals surface area (Å²) in [6.07, 6.45) is 5.01. The number of nitrogens with zero attached hydrogens (tertiary/aromatic N) is 3. The van der Waals surface area contributed by atoms with Gasteiger partial charge in [0.2, 0.25) is 0 Å². The van der Waals surface area contributed by atoms with Crippen molar-refractivity contribution in [1.29, 1.82) is 0 Å². The number of fused-ring (bicyclic) bond motifs is 1. The highest BCUT2D eigenvalue weighted by atomic mass is 16.5. The molecule has 4 rings (SSSR count). The Hall–Kier alpha value is -3.68. The van der Waals surface area contributed by atoms with E-state index in [0.29, 0.717) is 17.1 Å². The van der Waals surface area contributed by atoms with Gasteiger partial charge in [-0.3, -0.25) is 14.9 Å². The molecule has 136 valence electrons. The highest BCUT2D eigenvalue weighted by Crippen LogP contribution is 2.26. The summed E-state index contributed by atoms with van der Waals surface area (Å²) in [5.41, 5.74) is 5.16. The molecule has 0 unspecified atom stereocenters. The fourth-order valence-electron chi connectivity index (χ4n) is 2.81. The van der Waals surface area contributed by atoms with Gasteiger partial charge in [0, 0.05) is 34.1 Å². The first kappa shape index (κ1) is 16.8. The SMILES string of the molecule is COc1cncc(-c2cc3cc(NC(=O)c4n[nH]c(C)c4C)cnc3[nH]2)c1. The number of methoxy groups -OCH3 is 1. The average Bonchev–Trinajstić information content (AvgIpc) is 3.25. The van der Waals surface area contributed by atoms with E-state index in [4.69, 9.17) is 4.74 Å². The first-order chi connectivity index (χ1) is 13.0. The van der Waals surface area contributed by atoms with Crippen LogP contribution in [-0.2, 0) is 0 Å². The third-order valence-electron chi connectivity index (χ3n) is 4.46. The van der Waals surface area contributed by atoms with Crippen molar-refractivity contribution in [2.75, 3.05) is 12.4 Å². The third-order valence-corrected chi connectivity index (χ3v) is 4.46. The van der Waals surface area contributed by atoms with Gasteiger partial charge in [0.25, 0.3) is 5.91 Å². The summed E-state index contributed by atoms with van der Waals surface area (Å²) in [4.78, 5) is 24.2. The van der Waals surface area contributed by atoms with Crippen molar-refractivity contribution in [3.05, 3.63) is 53.7 Å². The number of carbonyl (C=O) groups is 1. The fourth-order valence-corrected chi connectivity index (χ4v) is 2.81. The Labute approximate surface area is 155 Å². The zero-order chi connectivity index (χ0) is 19.0. The van der Waals surface area contributed by atoms with Gasteiger partial charge >= 0.3 is 0 Å². The Kier molecular flexibility index (Phi) is 4.08. The number of nitrogens with one attached hydrogen (secondary N) is 3. The van der Waals surface area contributed by atoms with Crippen LogP contribution in [0.3, 0.4) is 0 Å². The van der Waals surface area contributed by atoms with Crippen molar-refractivity contribution in [2.45, 2.75) is 13.8 Å². The molecule has 0 aromatic carbocycles. The van der Waals surface area contributed by atoms with Crippen LogP contribution >= 0.6 is 0 Å². The van der Waals surface area contributed by atoms with E-state index in [0.717, 1.165) is 33.5 Å². The van der Waals surface area contributed by atoms with Crippen LogP contribution in [0, 0.1) is 13.8 Å². The first-order valence-electron chi connectivity index (χ1n) is 8.36. The topological polar surface area (TPSA) is 109 Å². The lowest BCUT2D eigenvalue weighted by Crippen LogP contribution is -2.13. The number of hydrogen-bond donors (Lipinski definition) is 3. The number of anilines is 1. The van der Waals surface area contributed by atoms with E-state index in [9.17, 15) is 4.79 Å². The second kappa shape index (κ2) is 6.56. The van der Waals surface area contributed by atoms with Gasteiger partial charge in [-0.25, -0.2) is 4.98 Å². The molecule has 3 N–H and O–H groups in total. The maximum absolute atomic E-state index is 12.4. The quantitative estimate of drug-likeness (QED) is 0.516. The maximum Gasteiger partial charge on any atom is 0.276 e. The van der Waals surface area contributed by atoms with E-state index in [1.807, 2.05) is 32.0 Å². The molecule has 8 nitrogen and oxygen atoms in total. The number of amides is 1. The van der Waals surface area contributed by atoms with Crippen LogP contribution < -0.4 is 10.1 Å². The molecule has 0 aliphatic carbocycles. The van der Waals surface area contributed by atoms with Crippen molar-refractivity contribution in [2.24, 2.45) is 0 Å². The molecule has 4 aromatic rings. The van der Waals surface area contributed by atoms with Crippen LogP contribution in [0.15, 0.2) is 36.8 Å². The van der Waals surface area contributed by atoms with E-state index in [1.165, 1.54) is 0 Å². The molecule has 0 atom stereocenters. The molecular weight excluding hydrogens is 344 g/mol. The largest absolute Gasteiger partial charge is 0.495 e. The van der Waals surface area contributed by atoms with Gasteiger partial charge in [-0.05, 0) is 32.0 Å². The van der Waals surface area contributed by atoms with Gasteiger partial charge < -0.3 is 15.0 Å². The molecule has 4 aromatic heterocycles. The summed E-state index contributed by atoms with van der Waals surface area (Å²) < 4.78 is 5.22. The number of carbonyl (C=O) groups excluding carboxylic acids is 1. The summed E-state index contributed by atoms with van der Waals surface area (Å²) in [7, 11) is 1.60. The lowest BCUT2D eigenvalue weighted by atomic mass is 10.2. The predicted octanol–water partition coefficient (Wildman–Crippen LogP) is 3.23. The Morgan fingerprint density at radius 1 is 1.15 bits per heavy atom. The van der Waals surface area contributed by atoms with E-state index in [1.54, 1.807) is 25.7 Å². The summed E-state index contributed by atoms with van der Waals surface area (Å²) in [5, 5.41) is 10.6. The minimum Gasteiger partial charge on any atom is -0.495 e. The van der Waals surface area contributed by atoms with Gasteiger partial charge in [-0.15, -0.1) is 0 Å².